The van der Waals surface area contributed by atoms with Crippen LogP contribution in [-0.4, -0.2) is 11.9 Å². The van der Waals surface area contributed by atoms with E-state index in [0.717, 1.165) is 21.5 Å². The largest absolute Gasteiger partial charge is 0.233 e. The minimum atomic E-state index is 0.500. The second kappa shape index (κ2) is 3.97. The van der Waals surface area contributed by atoms with Crippen LogP contribution in [0.25, 0.3) is 21.5 Å². The van der Waals surface area contributed by atoms with Crippen LogP contribution in [0.3, 0.4) is 0 Å². The van der Waals surface area contributed by atoms with Gasteiger partial charge in [0, 0.05) is 21.5 Å². The van der Waals surface area contributed by atoms with Crippen molar-refractivity contribution in [2.75, 3.05) is 0 Å². The fraction of sp³-hybridized carbons (Fsp3) is 0. The molecule has 0 fully saturated rings. The molecule has 0 amide bonds. The topological polar surface area (TPSA) is 34.1 Å². The van der Waals surface area contributed by atoms with Gasteiger partial charge in [-0.05, 0) is 0 Å². The molecule has 0 atom stereocenters. The molecule has 0 aromatic heterocycles. The van der Waals surface area contributed by atoms with Crippen molar-refractivity contribution in [3.63, 3.8) is 0 Å². The number of rotatable bonds is 0. The summed E-state index contributed by atoms with van der Waals surface area (Å²) in [4.78, 5) is 22.4. The lowest BCUT2D eigenvalue weighted by Gasteiger charge is -2.02. The van der Waals surface area contributed by atoms with Gasteiger partial charge in [-0.2, -0.15) is 0 Å². The molecule has 3 aromatic carbocycles. The Bertz CT molecular complexity index is 787. The molecule has 2 heteroatoms. The van der Waals surface area contributed by atoms with Crippen molar-refractivity contribution < 1.29 is 9.59 Å². The third-order valence-corrected chi connectivity index (χ3v) is 3.14. The molecule has 0 bridgehead atoms. The van der Waals surface area contributed by atoms with E-state index in [1.165, 1.54) is 0 Å². The van der Waals surface area contributed by atoms with E-state index in [2.05, 4.69) is 0 Å². The summed E-state index contributed by atoms with van der Waals surface area (Å²) in [5.74, 6) is 3.97. The molecule has 18 heavy (non-hydrogen) atoms. The van der Waals surface area contributed by atoms with Crippen molar-refractivity contribution in [2.45, 2.75) is 0 Å². The summed E-state index contributed by atoms with van der Waals surface area (Å²) in [6.45, 7) is 0. The van der Waals surface area contributed by atoms with E-state index in [-0.39, 0.29) is 0 Å². The zero-order chi connectivity index (χ0) is 12.5. The lowest BCUT2D eigenvalue weighted by atomic mass is 9.99. The quantitative estimate of drug-likeness (QED) is 0.542. The van der Waals surface area contributed by atoms with Crippen LogP contribution in [0.1, 0.15) is 0 Å². The maximum Gasteiger partial charge on any atom is 0.133 e. The minimum absolute atomic E-state index is 0.500. The molecule has 0 N–H and O–H groups in total. The Morgan fingerprint density at radius 3 is 1.06 bits per heavy atom. The molecule has 3 rings (SSSR count). The molecule has 84 valence electrons. The second-order valence-corrected chi connectivity index (χ2v) is 4.05. The molecule has 3 aromatic rings. The molecule has 0 saturated carbocycles. The summed E-state index contributed by atoms with van der Waals surface area (Å²) in [5, 5.41) is 3.96. The Morgan fingerprint density at radius 2 is 0.833 bits per heavy atom. The molecule has 0 aliphatic carbocycles. The molecule has 0 radical (unpaired) electrons. The van der Waals surface area contributed by atoms with Crippen LogP contribution in [-0.2, 0) is 9.59 Å². The number of benzene rings is 3. The molecule has 0 saturated heterocycles. The number of hydrogen-bond donors (Lipinski definition) is 0. The Hall–Kier alpha value is -2.66. The fourth-order valence-electron chi connectivity index (χ4n) is 2.35. The number of hydrogen-bond acceptors (Lipinski definition) is 2. The van der Waals surface area contributed by atoms with Crippen LogP contribution in [0.5, 0.6) is 0 Å². The van der Waals surface area contributed by atoms with E-state index in [1.54, 1.807) is 0 Å². The third-order valence-electron chi connectivity index (χ3n) is 3.14. The van der Waals surface area contributed by atoms with Gasteiger partial charge in [-0.25, -0.2) is 9.59 Å². The summed E-state index contributed by atoms with van der Waals surface area (Å²) in [5.41, 5.74) is 0. The third kappa shape index (κ3) is 1.31. The van der Waals surface area contributed by atoms with E-state index in [4.69, 9.17) is 0 Å². The van der Waals surface area contributed by atoms with Crippen molar-refractivity contribution in [1.82, 2.24) is 0 Å². The molecule has 0 unspecified atom stereocenters. The summed E-state index contributed by atoms with van der Waals surface area (Å²) in [6.07, 6.45) is 0. The number of carbonyl (C=O) groups excluding carboxylic acids is 2. The maximum absolute atomic E-state index is 11.2. The van der Waals surface area contributed by atoms with Gasteiger partial charge in [0.15, 0.2) is 0 Å². The Morgan fingerprint density at radius 1 is 0.556 bits per heavy atom. The summed E-state index contributed by atoms with van der Waals surface area (Å²) >= 11 is 0. The zero-order valence-corrected chi connectivity index (χ0v) is 9.44. The van der Waals surface area contributed by atoms with Crippen LogP contribution < -0.4 is 10.4 Å². The first-order chi connectivity index (χ1) is 8.86. The molecular weight excluding hydrogens is 224 g/mol. The minimum Gasteiger partial charge on any atom is -0.233 e. The van der Waals surface area contributed by atoms with Gasteiger partial charge in [0.2, 0.25) is 0 Å². The monoisotopic (exact) mass is 232 g/mol. The highest BCUT2D eigenvalue weighted by atomic mass is 16.1. The van der Waals surface area contributed by atoms with Gasteiger partial charge in [0.1, 0.15) is 11.9 Å². The van der Waals surface area contributed by atoms with Gasteiger partial charge in [0.25, 0.3) is 0 Å². The molecule has 0 aliphatic rings. The van der Waals surface area contributed by atoms with Crippen molar-refractivity contribution in [1.29, 1.82) is 0 Å². The van der Waals surface area contributed by atoms with Crippen LogP contribution in [0.4, 0.5) is 0 Å². The lowest BCUT2D eigenvalue weighted by molar-refractivity contribution is 0.567. The lowest BCUT2D eigenvalue weighted by Crippen LogP contribution is -2.16. The van der Waals surface area contributed by atoms with Gasteiger partial charge < -0.3 is 0 Å². The van der Waals surface area contributed by atoms with E-state index < -0.39 is 0 Å². The van der Waals surface area contributed by atoms with E-state index in [0.29, 0.717) is 10.4 Å². The van der Waals surface area contributed by atoms with Crippen LogP contribution >= 0.6 is 0 Å². The molecule has 0 heterocycles. The van der Waals surface area contributed by atoms with E-state index >= 15 is 0 Å². The standard InChI is InChI=1S/C16H8O2/c17-9-15-11-5-1-2-6-12(11)16(10-18)14-8-4-3-7-13(14)15/h1-8H. The highest BCUT2D eigenvalue weighted by Gasteiger charge is 2.05. The average Bonchev–Trinajstić information content (AvgIpc) is 2.44. The first kappa shape index (κ1) is 10.5. The van der Waals surface area contributed by atoms with Crippen molar-refractivity contribution in [3.05, 3.63) is 59.0 Å². The Balaban J connectivity index is 2.92. The normalized spacial score (nSPS) is 10.2. The predicted molar refractivity (Wildman–Crippen MR) is 70.3 cm³/mol. The highest BCUT2D eigenvalue weighted by molar-refractivity contribution is 6.03. The molecular formula is C16H8O2. The Kier molecular flexibility index (Phi) is 2.32. The zero-order valence-electron chi connectivity index (χ0n) is 9.44. The van der Waals surface area contributed by atoms with Crippen LogP contribution in [0.15, 0.2) is 48.5 Å². The number of fused-ring (bicyclic) bond motifs is 2. The van der Waals surface area contributed by atoms with Gasteiger partial charge in [0.05, 0.1) is 10.4 Å². The van der Waals surface area contributed by atoms with Gasteiger partial charge >= 0.3 is 0 Å². The van der Waals surface area contributed by atoms with E-state index in [1.807, 2.05) is 60.4 Å². The van der Waals surface area contributed by atoms with Crippen LogP contribution in [0, 0.1) is 0 Å². The molecule has 0 aliphatic heterocycles. The first-order valence-electron chi connectivity index (χ1n) is 5.56. The van der Waals surface area contributed by atoms with Crippen molar-refractivity contribution >= 4 is 33.4 Å². The summed E-state index contributed by atoms with van der Waals surface area (Å²) in [6, 6.07) is 14.6. The Labute approximate surface area is 102 Å². The highest BCUT2D eigenvalue weighted by Crippen LogP contribution is 2.11. The fourth-order valence-corrected chi connectivity index (χ4v) is 2.35. The SMILES string of the molecule is O=C=c1c2ccccc2c(=C=O)c2ccccc12. The second-order valence-electron chi connectivity index (χ2n) is 4.05. The van der Waals surface area contributed by atoms with Gasteiger partial charge in [-0.3, -0.25) is 0 Å². The van der Waals surface area contributed by atoms with Crippen molar-refractivity contribution in [2.24, 2.45) is 0 Å². The summed E-state index contributed by atoms with van der Waals surface area (Å²) < 4.78 is 0. The summed E-state index contributed by atoms with van der Waals surface area (Å²) in [7, 11) is 0. The average molecular weight is 232 g/mol. The smallest absolute Gasteiger partial charge is 0.133 e. The first-order valence-corrected chi connectivity index (χ1v) is 5.56. The van der Waals surface area contributed by atoms with E-state index in [9.17, 15) is 9.59 Å². The predicted octanol–water partition coefficient (Wildman–Crippen LogP) is 0.999. The maximum atomic E-state index is 11.2. The molecule has 2 nitrogen and oxygen atoms in total. The van der Waals surface area contributed by atoms with Crippen molar-refractivity contribution in [3.8, 4) is 0 Å². The molecule has 0 spiro atoms. The van der Waals surface area contributed by atoms with Crippen LogP contribution in [0.2, 0.25) is 0 Å². The van der Waals surface area contributed by atoms with Gasteiger partial charge in [-0.15, -0.1) is 0 Å². The van der Waals surface area contributed by atoms with Gasteiger partial charge in [-0.1, -0.05) is 48.5 Å².